The number of hydrogen-bond donors (Lipinski definition) is 0. The molecule has 13 heavy (non-hydrogen) atoms. The molecule has 0 radical (unpaired) electrons. The van der Waals surface area contributed by atoms with Crippen molar-refractivity contribution in [2.24, 2.45) is 0 Å². The van der Waals surface area contributed by atoms with Crippen LogP contribution in [0.1, 0.15) is 12.8 Å². The van der Waals surface area contributed by atoms with Crippen LogP contribution >= 0.6 is 20.3 Å². The van der Waals surface area contributed by atoms with E-state index in [1.165, 1.54) is 0 Å². The van der Waals surface area contributed by atoms with Crippen LogP contribution in [0, 0.1) is 12.2 Å². The van der Waals surface area contributed by atoms with Crippen LogP contribution in [0.2, 0.25) is 0 Å². The molecule has 0 aromatic rings. The molecule has 0 fully saturated rings. The zero-order valence-electron chi connectivity index (χ0n) is 6.97. The topological polar surface area (TPSA) is 0 Å². The molecule has 0 saturated carbocycles. The van der Waals surface area contributed by atoms with E-state index in [0.29, 0.717) is 12.9 Å². The fourth-order valence-electron chi connectivity index (χ4n) is 0.680. The van der Waals surface area contributed by atoms with Crippen molar-refractivity contribution in [3.8, 4) is 0 Å². The summed E-state index contributed by atoms with van der Waals surface area (Å²) in [6, 6.07) is 0. The fourth-order valence-corrected chi connectivity index (χ4v) is 0.680. The minimum atomic E-state index is 0.382. The molecule has 2 rings (SSSR count). The minimum absolute atomic E-state index is 0.382. The van der Waals surface area contributed by atoms with Gasteiger partial charge in [-0.15, -0.1) is 12.8 Å². The van der Waals surface area contributed by atoms with Gasteiger partial charge in [0.1, 0.15) is 0 Å². The van der Waals surface area contributed by atoms with Crippen LogP contribution in [0.5, 0.6) is 0 Å². The van der Waals surface area contributed by atoms with Crippen molar-refractivity contribution in [2.45, 2.75) is 12.8 Å². The van der Waals surface area contributed by atoms with Crippen molar-refractivity contribution < 1.29 is 12.9 Å². The van der Waals surface area contributed by atoms with Gasteiger partial charge < -0.3 is 0 Å². The van der Waals surface area contributed by atoms with Crippen molar-refractivity contribution in [3.05, 3.63) is 48.6 Å². The Morgan fingerprint density at radius 2 is 1.31 bits per heavy atom. The summed E-state index contributed by atoms with van der Waals surface area (Å²) in [6.07, 6.45) is 20.0. The molecule has 0 saturated heterocycles. The van der Waals surface area contributed by atoms with Crippen molar-refractivity contribution in [1.82, 2.24) is 0 Å². The third-order valence-electron chi connectivity index (χ3n) is 1.17. The first-order valence-electron chi connectivity index (χ1n) is 3.69. The van der Waals surface area contributed by atoms with Gasteiger partial charge in [-0.05, 0) is 0 Å². The third kappa shape index (κ3) is 12.0. The van der Waals surface area contributed by atoms with Gasteiger partial charge in [-0.3, -0.25) is 12.2 Å². The van der Waals surface area contributed by atoms with E-state index in [1.54, 1.807) is 0 Å². The van der Waals surface area contributed by atoms with Gasteiger partial charge in [0.05, 0.1) is 0 Å². The van der Waals surface area contributed by atoms with Crippen LogP contribution in [0.4, 0.5) is 0 Å². The molecule has 0 N–H and O–H groups in total. The van der Waals surface area contributed by atoms with Gasteiger partial charge in [0, 0.05) is 0 Å². The predicted octanol–water partition coefficient (Wildman–Crippen LogP) is 3.99. The molecule has 0 nitrogen and oxygen atoms in total. The molecule has 0 unspecified atom stereocenters. The zero-order chi connectivity index (χ0) is 9.78. The van der Waals surface area contributed by atoms with Gasteiger partial charge in [0.25, 0.3) is 0 Å². The fraction of sp³-hybridized carbons (Fsp3) is 0.200. The molecular weight excluding hydrogens is 250 g/mol. The summed E-state index contributed by atoms with van der Waals surface area (Å²) in [5.41, 5.74) is 0. The van der Waals surface area contributed by atoms with Crippen LogP contribution in [0.15, 0.2) is 36.5 Å². The van der Waals surface area contributed by atoms with Gasteiger partial charge in [-0.1, -0.05) is 0 Å². The molecule has 3 heteroatoms. The summed E-state index contributed by atoms with van der Waals surface area (Å²) in [6.45, 7) is 0. The molecule has 0 aromatic carbocycles. The summed E-state index contributed by atoms with van der Waals surface area (Å²) in [5.74, 6) is 0. The normalized spacial score (nSPS) is 15.2. The van der Waals surface area contributed by atoms with E-state index < -0.39 is 0 Å². The van der Waals surface area contributed by atoms with Crippen molar-refractivity contribution in [3.63, 3.8) is 0 Å². The van der Waals surface area contributed by atoms with Crippen LogP contribution in [-0.2, 0) is 12.9 Å². The van der Waals surface area contributed by atoms with Gasteiger partial charge in [-0.2, -0.15) is 12.2 Å². The quantitative estimate of drug-likeness (QED) is 0.578. The Labute approximate surface area is 94.5 Å². The van der Waals surface area contributed by atoms with E-state index in [0.717, 1.165) is 12.8 Å². The summed E-state index contributed by atoms with van der Waals surface area (Å²) in [4.78, 5) is 0. The monoisotopic (exact) mass is 259 g/mol. The van der Waals surface area contributed by atoms with E-state index >= 15 is 0 Å². The maximum absolute atomic E-state index is 4.73. The first-order valence-corrected chi connectivity index (χ1v) is 6.55. The van der Waals surface area contributed by atoms with E-state index in [9.17, 15) is 0 Å². The molecule has 0 heterocycles. The molecule has 75 valence electrons. The maximum atomic E-state index is 4.73. The van der Waals surface area contributed by atoms with Crippen LogP contribution in [0.3, 0.4) is 0 Å². The molecule has 0 spiro atoms. The van der Waals surface area contributed by atoms with Crippen LogP contribution in [-0.4, -0.2) is 0 Å². The van der Waals surface area contributed by atoms with Gasteiger partial charge in [-0.25, -0.2) is 24.3 Å². The standard InChI is InChI=1S/2C5H5.2ClH.Co/c2*1-2-4-5-3-1;;;/h2*1-3H,4H2;2*1H;/q2*-1;;;+2/p-2. The molecule has 0 aromatic heterocycles. The average molecular weight is 260 g/mol. The molecule has 0 atom stereocenters. The van der Waals surface area contributed by atoms with Crippen LogP contribution < -0.4 is 0 Å². The summed E-state index contributed by atoms with van der Waals surface area (Å²) in [5, 5.41) is 0. The predicted molar refractivity (Wildman–Crippen MR) is 54.8 cm³/mol. The Hall–Kier alpha value is 0.0465. The van der Waals surface area contributed by atoms with E-state index in [4.69, 9.17) is 20.3 Å². The van der Waals surface area contributed by atoms with Crippen LogP contribution in [0.25, 0.3) is 0 Å². The van der Waals surface area contributed by atoms with Crippen molar-refractivity contribution in [2.75, 3.05) is 0 Å². The Morgan fingerprint density at radius 1 is 0.923 bits per heavy atom. The SMILES string of the molecule is [C-]1=CC=CC1.[C-]1=CC=CC1.[Cl][Co][Cl]. The molecule has 0 bridgehead atoms. The molecule has 2 aliphatic carbocycles. The molecule has 0 amide bonds. The Balaban J connectivity index is 0.000000174. The molecule has 0 aliphatic heterocycles. The number of halogens is 2. The van der Waals surface area contributed by atoms with Gasteiger partial charge >= 0.3 is 33.2 Å². The van der Waals surface area contributed by atoms with Gasteiger partial charge in [0.15, 0.2) is 0 Å². The molecular formula is C10H10Cl2Co-2. The summed E-state index contributed by atoms with van der Waals surface area (Å²) < 4.78 is 0. The molecule has 2 aliphatic rings. The second-order valence-corrected chi connectivity index (χ2v) is 3.77. The third-order valence-corrected chi connectivity index (χ3v) is 1.17. The Bertz CT molecular complexity index is 163. The first kappa shape index (κ1) is 13.0. The Kier molecular flexibility index (Phi) is 12.1. The number of allylic oxidation sites excluding steroid dienone is 8. The number of hydrogen-bond acceptors (Lipinski definition) is 0. The zero-order valence-corrected chi connectivity index (χ0v) is 9.52. The second-order valence-electron chi connectivity index (χ2n) is 2.05. The summed E-state index contributed by atoms with van der Waals surface area (Å²) >= 11 is 0.382. The van der Waals surface area contributed by atoms with Crippen molar-refractivity contribution in [1.29, 1.82) is 0 Å². The second kappa shape index (κ2) is 12.0. The number of rotatable bonds is 0. The van der Waals surface area contributed by atoms with Gasteiger partial charge in [0.2, 0.25) is 0 Å². The van der Waals surface area contributed by atoms with Crippen molar-refractivity contribution >= 4 is 20.3 Å². The van der Waals surface area contributed by atoms with E-state index in [2.05, 4.69) is 24.3 Å². The summed E-state index contributed by atoms with van der Waals surface area (Å²) in [7, 11) is 9.47. The van der Waals surface area contributed by atoms with E-state index in [1.807, 2.05) is 24.3 Å². The van der Waals surface area contributed by atoms with E-state index in [-0.39, 0.29) is 0 Å². The Morgan fingerprint density at radius 3 is 1.38 bits per heavy atom. The average Bonchev–Trinajstić information content (AvgIpc) is 2.85. The first-order chi connectivity index (χ1) is 6.41.